The molecule has 122 valence electrons. The molecule has 0 aromatic heterocycles. The van der Waals surface area contributed by atoms with Gasteiger partial charge >= 0.3 is 64.8 Å². The van der Waals surface area contributed by atoms with Gasteiger partial charge in [0.1, 0.15) is 0 Å². The van der Waals surface area contributed by atoms with Crippen LogP contribution in [0.4, 0.5) is 48.3 Å². The number of hydrogen-bond acceptors (Lipinski definition) is 2. The van der Waals surface area contributed by atoms with Gasteiger partial charge in [0.15, 0.2) is 0 Å². The maximum atomic E-state index is 13.5. The summed E-state index contributed by atoms with van der Waals surface area (Å²) in [6, 6.07) is 0. The normalized spacial score (nSPS) is 41.8. The van der Waals surface area contributed by atoms with Crippen LogP contribution in [0.2, 0.25) is 0 Å². The van der Waals surface area contributed by atoms with Gasteiger partial charge in [-0.3, -0.25) is 0 Å². The van der Waals surface area contributed by atoms with Crippen LogP contribution in [0.25, 0.3) is 0 Å². The fraction of sp³-hybridized carbons (Fsp3) is 0.875. The summed E-state index contributed by atoms with van der Waals surface area (Å²) in [5.41, 5.74) is -13.9. The summed E-state index contributed by atoms with van der Waals surface area (Å²) in [4.78, 5) is 10.4. The molecule has 0 atom stereocenters. The molecular weight excluding hydrogens is 360 g/mol. The number of carboxylic acid groups (broad SMARTS) is 1. The second-order valence-corrected chi connectivity index (χ2v) is 4.57. The van der Waals surface area contributed by atoms with Crippen molar-refractivity contribution in [2.75, 3.05) is 0 Å². The van der Waals surface area contributed by atoms with Gasteiger partial charge in [0.2, 0.25) is 5.41 Å². The summed E-state index contributed by atoms with van der Waals surface area (Å²) < 4.78 is 145. The van der Waals surface area contributed by atoms with Crippen molar-refractivity contribution in [3.05, 3.63) is 0 Å². The Morgan fingerprint density at radius 3 is 1.05 bits per heavy atom. The summed E-state index contributed by atoms with van der Waals surface area (Å²) in [7, 11) is 0. The SMILES string of the molecule is O=C([O-])C12C(F)(F)C(F)(F)C(F)(C(F)(F)C1(F)F)C2(F)F.[Na+]. The molecule has 2 bridgehead atoms. The van der Waals surface area contributed by atoms with E-state index in [0.717, 1.165) is 0 Å². The summed E-state index contributed by atoms with van der Waals surface area (Å²) in [5.74, 6) is -39.6. The van der Waals surface area contributed by atoms with E-state index in [-0.39, 0.29) is 29.6 Å². The van der Waals surface area contributed by atoms with E-state index in [1.54, 1.807) is 0 Å². The van der Waals surface area contributed by atoms with E-state index in [2.05, 4.69) is 0 Å². The first-order valence-electron chi connectivity index (χ1n) is 4.74. The summed E-state index contributed by atoms with van der Waals surface area (Å²) in [6.07, 6.45) is 0. The van der Waals surface area contributed by atoms with E-state index < -0.39 is 46.7 Å². The Labute approximate surface area is 134 Å². The monoisotopic (exact) mass is 360 g/mol. The number of hydrogen-bond donors (Lipinski definition) is 0. The van der Waals surface area contributed by atoms with E-state index in [9.17, 15) is 58.2 Å². The van der Waals surface area contributed by atoms with Crippen molar-refractivity contribution < 1.29 is 87.8 Å². The Kier molecular flexibility index (Phi) is 3.61. The molecule has 0 spiro atoms. The average molecular weight is 360 g/mol. The largest absolute Gasteiger partial charge is 1.00 e. The quantitative estimate of drug-likeness (QED) is 0.428. The van der Waals surface area contributed by atoms with Crippen LogP contribution in [-0.2, 0) is 4.79 Å². The molecule has 0 unspecified atom stereocenters. The molecule has 2 aliphatic carbocycles. The topological polar surface area (TPSA) is 40.1 Å². The zero-order chi connectivity index (χ0) is 17.1. The molecular formula is C8F11NaO2. The Bertz CT molecular complexity index is 514. The van der Waals surface area contributed by atoms with Gasteiger partial charge in [0.25, 0.3) is 0 Å². The van der Waals surface area contributed by atoms with Gasteiger partial charge in [-0.25, -0.2) is 13.2 Å². The predicted octanol–water partition coefficient (Wildman–Crippen LogP) is -1.36. The number of alkyl halides is 11. The van der Waals surface area contributed by atoms with Crippen LogP contribution in [0, 0.1) is 5.41 Å². The molecule has 0 radical (unpaired) electrons. The standard InChI is InChI=1S/C8HF11O2.Na/c9-3-4(10,11)2(1(20)21,5(12,13)7(3,16)17)6(14,15)8(3,18)19;/h(H,20,21);/q;+1/p-1. The molecule has 0 saturated heterocycles. The maximum absolute atomic E-state index is 13.5. The van der Waals surface area contributed by atoms with Crippen molar-refractivity contribution in [3.8, 4) is 0 Å². The number of aliphatic carboxylic acids is 1. The Balaban J connectivity index is 0.00000242. The third-order valence-electron chi connectivity index (χ3n) is 3.81. The van der Waals surface area contributed by atoms with E-state index in [0.29, 0.717) is 0 Å². The molecule has 0 aromatic carbocycles. The summed E-state index contributed by atoms with van der Waals surface area (Å²) in [5, 5.41) is 10.4. The van der Waals surface area contributed by atoms with E-state index in [4.69, 9.17) is 0 Å². The molecule has 2 fully saturated rings. The molecule has 0 amide bonds. The van der Waals surface area contributed by atoms with Crippen LogP contribution in [0.15, 0.2) is 0 Å². The third-order valence-corrected chi connectivity index (χ3v) is 3.81. The number of carboxylic acids is 1. The zero-order valence-corrected chi connectivity index (χ0v) is 12.0. The van der Waals surface area contributed by atoms with Crippen LogP contribution >= 0.6 is 0 Å². The van der Waals surface area contributed by atoms with E-state index in [1.165, 1.54) is 0 Å². The minimum absolute atomic E-state index is 0. The van der Waals surface area contributed by atoms with Gasteiger partial charge in [0.05, 0.1) is 5.97 Å². The number of rotatable bonds is 1. The van der Waals surface area contributed by atoms with Crippen molar-refractivity contribution in [2.24, 2.45) is 5.41 Å². The van der Waals surface area contributed by atoms with Crippen LogP contribution in [-0.4, -0.2) is 41.3 Å². The molecule has 22 heavy (non-hydrogen) atoms. The van der Waals surface area contributed by atoms with Gasteiger partial charge in [0, 0.05) is 0 Å². The number of carbonyl (C=O) groups excluding carboxylic acids is 1. The van der Waals surface area contributed by atoms with Crippen molar-refractivity contribution >= 4 is 5.97 Å². The van der Waals surface area contributed by atoms with Crippen molar-refractivity contribution in [1.82, 2.24) is 0 Å². The van der Waals surface area contributed by atoms with E-state index in [1.807, 2.05) is 0 Å². The van der Waals surface area contributed by atoms with Crippen LogP contribution in [0.3, 0.4) is 0 Å². The fourth-order valence-corrected chi connectivity index (χ4v) is 2.73. The minimum atomic E-state index is -7.11. The second-order valence-electron chi connectivity index (χ2n) is 4.57. The van der Waals surface area contributed by atoms with Gasteiger partial charge < -0.3 is 9.90 Å². The van der Waals surface area contributed by atoms with Crippen LogP contribution < -0.4 is 34.7 Å². The zero-order valence-electron chi connectivity index (χ0n) is 9.97. The van der Waals surface area contributed by atoms with Crippen molar-refractivity contribution in [1.29, 1.82) is 0 Å². The minimum Gasteiger partial charge on any atom is -0.549 e. The molecule has 2 aliphatic rings. The first-order valence-corrected chi connectivity index (χ1v) is 4.74. The molecule has 0 N–H and O–H groups in total. The predicted molar refractivity (Wildman–Crippen MR) is 36.0 cm³/mol. The first-order chi connectivity index (χ1) is 8.94. The molecule has 0 heterocycles. The number of halogens is 11. The number of fused-ring (bicyclic) bond motifs is 2. The molecule has 2 nitrogen and oxygen atoms in total. The van der Waals surface area contributed by atoms with Gasteiger partial charge in [-0.2, -0.15) is 35.1 Å². The Hall–Kier alpha value is -0.300. The Morgan fingerprint density at radius 2 is 0.864 bits per heavy atom. The Morgan fingerprint density at radius 1 is 0.591 bits per heavy atom. The third kappa shape index (κ3) is 1.14. The summed E-state index contributed by atoms with van der Waals surface area (Å²) in [6.45, 7) is 0. The average Bonchev–Trinajstić information content (AvgIpc) is 2.35. The first kappa shape index (κ1) is 19.7. The fourth-order valence-electron chi connectivity index (χ4n) is 2.73. The van der Waals surface area contributed by atoms with Crippen molar-refractivity contribution in [2.45, 2.75) is 35.3 Å². The van der Waals surface area contributed by atoms with E-state index >= 15 is 0 Å². The van der Waals surface area contributed by atoms with Crippen LogP contribution in [0.5, 0.6) is 0 Å². The molecule has 0 aromatic rings. The van der Waals surface area contributed by atoms with Crippen molar-refractivity contribution in [3.63, 3.8) is 0 Å². The molecule has 14 heteroatoms. The van der Waals surface area contributed by atoms with Gasteiger partial charge in [-0.05, 0) is 0 Å². The molecule has 2 saturated carbocycles. The summed E-state index contributed by atoms with van der Waals surface area (Å²) >= 11 is 0. The maximum Gasteiger partial charge on any atom is 1.00 e. The van der Waals surface area contributed by atoms with Gasteiger partial charge in [-0.1, -0.05) is 0 Å². The smallest absolute Gasteiger partial charge is 0.549 e. The van der Waals surface area contributed by atoms with Crippen LogP contribution in [0.1, 0.15) is 0 Å². The van der Waals surface area contributed by atoms with Gasteiger partial charge in [-0.15, -0.1) is 0 Å². The second kappa shape index (κ2) is 4.02. The molecule has 2 rings (SSSR count). The number of carbonyl (C=O) groups is 1. The molecule has 0 aliphatic heterocycles.